The molecule has 0 aliphatic rings. The molecule has 0 saturated carbocycles. The molecule has 1 aromatic carbocycles. The molecule has 0 radical (unpaired) electrons. The molecule has 0 atom stereocenters. The monoisotopic (exact) mass is 244 g/mol. The van der Waals surface area contributed by atoms with Crippen LogP contribution < -0.4 is 10.5 Å². The number of hydrogen-bond donors (Lipinski definition) is 2. The maximum Gasteiger partial charge on any atom is 0.240 e. The number of sulfonamides is 1. The standard InChI is InChI=1S/C10H16N2O3S/c1-2-15-8-7-12-9-5-3-4-6-10(9)16(11,13)14/h3-6,12H,2,7-8H2,1H3,(H2,11,13,14). The molecule has 90 valence electrons. The average Bonchev–Trinajstić information content (AvgIpc) is 2.24. The highest BCUT2D eigenvalue weighted by Crippen LogP contribution is 2.18. The molecule has 0 aliphatic heterocycles. The van der Waals surface area contributed by atoms with Gasteiger partial charge in [-0.25, -0.2) is 13.6 Å². The van der Waals surface area contributed by atoms with Crippen LogP contribution in [-0.4, -0.2) is 28.2 Å². The summed E-state index contributed by atoms with van der Waals surface area (Å²) in [6.45, 7) is 3.60. The fourth-order valence-electron chi connectivity index (χ4n) is 1.26. The molecule has 0 unspecified atom stereocenters. The second-order valence-electron chi connectivity index (χ2n) is 3.16. The maximum atomic E-state index is 11.2. The van der Waals surface area contributed by atoms with E-state index in [4.69, 9.17) is 9.88 Å². The minimum absolute atomic E-state index is 0.103. The zero-order valence-electron chi connectivity index (χ0n) is 9.14. The summed E-state index contributed by atoms with van der Waals surface area (Å²) in [5.74, 6) is 0. The van der Waals surface area contributed by atoms with Gasteiger partial charge >= 0.3 is 0 Å². The number of nitrogens with one attached hydrogen (secondary N) is 1. The molecule has 0 saturated heterocycles. The smallest absolute Gasteiger partial charge is 0.240 e. The lowest BCUT2D eigenvalue weighted by atomic mass is 10.3. The summed E-state index contributed by atoms with van der Waals surface area (Å²) in [6.07, 6.45) is 0. The lowest BCUT2D eigenvalue weighted by molar-refractivity contribution is 0.158. The van der Waals surface area contributed by atoms with E-state index in [9.17, 15) is 8.42 Å². The maximum absolute atomic E-state index is 11.2. The molecule has 1 aromatic rings. The normalized spacial score (nSPS) is 11.4. The summed E-state index contributed by atoms with van der Waals surface area (Å²) < 4.78 is 27.6. The van der Waals surface area contributed by atoms with Crippen LogP contribution in [0.1, 0.15) is 6.92 Å². The van der Waals surface area contributed by atoms with E-state index in [1.54, 1.807) is 18.2 Å². The van der Waals surface area contributed by atoms with Gasteiger partial charge in [0.05, 0.1) is 12.3 Å². The van der Waals surface area contributed by atoms with Crippen molar-refractivity contribution in [3.05, 3.63) is 24.3 Å². The highest BCUT2D eigenvalue weighted by Gasteiger charge is 2.12. The lowest BCUT2D eigenvalue weighted by Crippen LogP contribution is -2.16. The van der Waals surface area contributed by atoms with E-state index in [1.165, 1.54) is 6.07 Å². The number of primary sulfonamides is 1. The molecule has 16 heavy (non-hydrogen) atoms. The molecule has 0 bridgehead atoms. The Morgan fingerprint density at radius 1 is 1.38 bits per heavy atom. The third-order valence-electron chi connectivity index (χ3n) is 1.96. The van der Waals surface area contributed by atoms with Gasteiger partial charge in [0.1, 0.15) is 4.90 Å². The van der Waals surface area contributed by atoms with E-state index < -0.39 is 10.0 Å². The molecular formula is C10H16N2O3S. The lowest BCUT2D eigenvalue weighted by Gasteiger charge is -2.10. The highest BCUT2D eigenvalue weighted by molar-refractivity contribution is 7.89. The Morgan fingerprint density at radius 2 is 2.06 bits per heavy atom. The first-order valence-corrected chi connectivity index (χ1v) is 6.53. The number of ether oxygens (including phenoxy) is 1. The van der Waals surface area contributed by atoms with Crippen LogP contribution in [0, 0.1) is 0 Å². The number of hydrogen-bond acceptors (Lipinski definition) is 4. The van der Waals surface area contributed by atoms with E-state index in [-0.39, 0.29) is 4.90 Å². The van der Waals surface area contributed by atoms with Crippen LogP contribution >= 0.6 is 0 Å². The number of rotatable bonds is 6. The summed E-state index contributed by atoms with van der Waals surface area (Å²) in [5, 5.41) is 8.06. The molecule has 0 amide bonds. The van der Waals surface area contributed by atoms with Gasteiger partial charge in [-0.05, 0) is 19.1 Å². The van der Waals surface area contributed by atoms with Crippen molar-refractivity contribution in [2.45, 2.75) is 11.8 Å². The molecule has 0 fully saturated rings. The second kappa shape index (κ2) is 5.83. The Balaban J connectivity index is 2.73. The fourth-order valence-corrected chi connectivity index (χ4v) is 1.98. The Kier molecular flexibility index (Phi) is 4.72. The van der Waals surface area contributed by atoms with Crippen LogP contribution in [0.4, 0.5) is 5.69 Å². The summed E-state index contributed by atoms with van der Waals surface area (Å²) in [7, 11) is -3.68. The minimum atomic E-state index is -3.68. The van der Waals surface area contributed by atoms with Crippen LogP contribution in [0.5, 0.6) is 0 Å². The van der Waals surface area contributed by atoms with Crippen molar-refractivity contribution in [3.8, 4) is 0 Å². The number of para-hydroxylation sites is 1. The van der Waals surface area contributed by atoms with E-state index in [0.717, 1.165) is 0 Å². The van der Waals surface area contributed by atoms with E-state index in [1.807, 2.05) is 6.92 Å². The second-order valence-corrected chi connectivity index (χ2v) is 4.69. The van der Waals surface area contributed by atoms with Gasteiger partial charge in [0.15, 0.2) is 0 Å². The van der Waals surface area contributed by atoms with Gasteiger partial charge in [-0.1, -0.05) is 12.1 Å². The Hall–Kier alpha value is -1.11. The third-order valence-corrected chi connectivity index (χ3v) is 2.93. The molecule has 0 heterocycles. The van der Waals surface area contributed by atoms with E-state index in [2.05, 4.69) is 5.32 Å². The van der Waals surface area contributed by atoms with Gasteiger partial charge < -0.3 is 10.1 Å². The summed E-state index contributed by atoms with van der Waals surface area (Å²) in [6, 6.07) is 6.52. The van der Waals surface area contributed by atoms with Gasteiger partial charge in [-0.15, -0.1) is 0 Å². The molecule has 1 rings (SSSR count). The zero-order valence-corrected chi connectivity index (χ0v) is 9.96. The van der Waals surface area contributed by atoms with Gasteiger partial charge in [-0.2, -0.15) is 0 Å². The molecule has 0 aliphatic carbocycles. The minimum Gasteiger partial charge on any atom is -0.382 e. The predicted molar refractivity (Wildman–Crippen MR) is 62.8 cm³/mol. The van der Waals surface area contributed by atoms with Crippen molar-refractivity contribution in [2.24, 2.45) is 5.14 Å². The van der Waals surface area contributed by atoms with E-state index in [0.29, 0.717) is 25.4 Å². The van der Waals surface area contributed by atoms with Crippen molar-refractivity contribution in [1.29, 1.82) is 0 Å². The molecule has 5 nitrogen and oxygen atoms in total. The van der Waals surface area contributed by atoms with Gasteiger partial charge in [0, 0.05) is 13.2 Å². The summed E-state index contributed by atoms with van der Waals surface area (Å²) >= 11 is 0. The zero-order chi connectivity index (χ0) is 12.0. The molecule has 3 N–H and O–H groups in total. The highest BCUT2D eigenvalue weighted by atomic mass is 32.2. The van der Waals surface area contributed by atoms with Gasteiger partial charge in [0.25, 0.3) is 0 Å². The van der Waals surface area contributed by atoms with Crippen LogP contribution in [0.3, 0.4) is 0 Å². The van der Waals surface area contributed by atoms with Crippen molar-refractivity contribution in [3.63, 3.8) is 0 Å². The van der Waals surface area contributed by atoms with Crippen molar-refractivity contribution in [2.75, 3.05) is 25.1 Å². The van der Waals surface area contributed by atoms with Crippen LogP contribution in [0.2, 0.25) is 0 Å². The van der Waals surface area contributed by atoms with Crippen molar-refractivity contribution >= 4 is 15.7 Å². The SMILES string of the molecule is CCOCCNc1ccccc1S(N)(=O)=O. The quantitative estimate of drug-likeness (QED) is 0.725. The van der Waals surface area contributed by atoms with Crippen LogP contribution in [-0.2, 0) is 14.8 Å². The number of benzene rings is 1. The van der Waals surface area contributed by atoms with E-state index >= 15 is 0 Å². The largest absolute Gasteiger partial charge is 0.382 e. The molecule has 6 heteroatoms. The molecule has 0 aromatic heterocycles. The first kappa shape index (κ1) is 13.0. The molecular weight excluding hydrogens is 228 g/mol. The molecule has 0 spiro atoms. The average molecular weight is 244 g/mol. The van der Waals surface area contributed by atoms with Crippen LogP contribution in [0.25, 0.3) is 0 Å². The topological polar surface area (TPSA) is 81.4 Å². The number of anilines is 1. The summed E-state index contributed by atoms with van der Waals surface area (Å²) in [4.78, 5) is 0.103. The Bertz CT molecular complexity index is 431. The predicted octanol–water partition coefficient (Wildman–Crippen LogP) is 0.782. The van der Waals surface area contributed by atoms with Crippen LogP contribution in [0.15, 0.2) is 29.2 Å². The van der Waals surface area contributed by atoms with Crippen molar-refractivity contribution < 1.29 is 13.2 Å². The number of nitrogens with two attached hydrogens (primary N) is 1. The third kappa shape index (κ3) is 3.80. The Labute approximate surface area is 95.7 Å². The van der Waals surface area contributed by atoms with Gasteiger partial charge in [0.2, 0.25) is 10.0 Å². The first-order chi connectivity index (χ1) is 7.55. The Morgan fingerprint density at radius 3 is 2.69 bits per heavy atom. The summed E-state index contributed by atoms with van der Waals surface area (Å²) in [5.41, 5.74) is 0.504. The van der Waals surface area contributed by atoms with Crippen molar-refractivity contribution in [1.82, 2.24) is 0 Å². The fraction of sp³-hybridized carbons (Fsp3) is 0.400. The van der Waals surface area contributed by atoms with Gasteiger partial charge in [-0.3, -0.25) is 0 Å². The first-order valence-electron chi connectivity index (χ1n) is 4.99.